The molecule has 7 aromatic rings. The number of pyridine rings is 2. The number of anilines is 3. The van der Waals surface area contributed by atoms with E-state index in [-0.39, 0.29) is 21.1 Å². The molecule has 5 heteroatoms. The van der Waals surface area contributed by atoms with Crippen LogP contribution in [0.15, 0.2) is 158 Å². The molecular weight excluding hydrogens is 758 g/mol. The molecule has 0 amide bonds. The van der Waals surface area contributed by atoms with Crippen molar-refractivity contribution in [1.82, 2.24) is 9.97 Å². The molecule has 8 rings (SSSR count). The van der Waals surface area contributed by atoms with Crippen LogP contribution in [0, 0.1) is 19.1 Å². The minimum atomic E-state index is -0.768. The van der Waals surface area contributed by atoms with Gasteiger partial charge < -0.3 is 14.6 Å². The van der Waals surface area contributed by atoms with Crippen LogP contribution in [-0.4, -0.2) is 9.97 Å². The SMILES string of the molecule is Cc1ccnc(-c2[c-]c(Oc3[c-]c(C4(c5ccccn5)c5ccccc5N(c5ccccc5)c5ccccc54)ccc3)ccc2)c1.[Pt+2]. The summed E-state index contributed by atoms with van der Waals surface area (Å²) in [6.45, 7) is 2.06. The van der Waals surface area contributed by atoms with Gasteiger partial charge in [0.1, 0.15) is 0 Å². The summed E-state index contributed by atoms with van der Waals surface area (Å²) in [6.07, 6.45) is 3.69. The van der Waals surface area contributed by atoms with Gasteiger partial charge in [0, 0.05) is 29.6 Å². The van der Waals surface area contributed by atoms with Crippen LogP contribution in [0.2, 0.25) is 0 Å². The summed E-state index contributed by atoms with van der Waals surface area (Å²) in [4.78, 5) is 11.9. The van der Waals surface area contributed by atoms with Gasteiger partial charge in [-0.25, -0.2) is 0 Å². The Bertz CT molecular complexity index is 2120. The Morgan fingerprint density at radius 3 is 1.96 bits per heavy atom. The first-order valence-corrected chi connectivity index (χ1v) is 15.3. The summed E-state index contributed by atoms with van der Waals surface area (Å²) < 4.78 is 6.48. The van der Waals surface area contributed by atoms with Crippen LogP contribution in [0.25, 0.3) is 11.3 Å². The number of rotatable bonds is 6. The van der Waals surface area contributed by atoms with E-state index in [1.807, 2.05) is 54.9 Å². The van der Waals surface area contributed by atoms with E-state index in [1.165, 1.54) is 0 Å². The molecule has 3 heterocycles. The van der Waals surface area contributed by atoms with Gasteiger partial charge in [0.25, 0.3) is 0 Å². The quantitative estimate of drug-likeness (QED) is 0.157. The van der Waals surface area contributed by atoms with Crippen LogP contribution in [0.3, 0.4) is 0 Å². The number of fused-ring (bicyclic) bond motifs is 2. The molecule has 0 atom stereocenters. The van der Waals surface area contributed by atoms with Crippen molar-refractivity contribution in [3.05, 3.63) is 198 Å². The summed E-state index contributed by atoms with van der Waals surface area (Å²) in [5, 5.41) is 0. The van der Waals surface area contributed by atoms with Gasteiger partial charge in [0.15, 0.2) is 0 Å². The molecule has 0 unspecified atom stereocenters. The van der Waals surface area contributed by atoms with Gasteiger partial charge in [0.05, 0.1) is 22.5 Å². The summed E-state index contributed by atoms with van der Waals surface area (Å²) >= 11 is 0. The second kappa shape index (κ2) is 12.8. The maximum atomic E-state index is 6.48. The molecule has 228 valence electrons. The van der Waals surface area contributed by atoms with Gasteiger partial charge in [-0.2, -0.15) is 12.1 Å². The van der Waals surface area contributed by atoms with E-state index in [9.17, 15) is 0 Å². The largest absolute Gasteiger partial charge is 2.00 e. The van der Waals surface area contributed by atoms with Gasteiger partial charge in [-0.1, -0.05) is 78.4 Å². The smallest absolute Gasteiger partial charge is 0.503 e. The van der Waals surface area contributed by atoms with Crippen molar-refractivity contribution in [2.75, 3.05) is 4.90 Å². The number of benzene rings is 5. The Morgan fingerprint density at radius 2 is 1.26 bits per heavy atom. The molecule has 0 bridgehead atoms. The van der Waals surface area contributed by atoms with Gasteiger partial charge in [-0.05, 0) is 66.2 Å². The fourth-order valence-corrected chi connectivity index (χ4v) is 6.57. The first-order valence-electron chi connectivity index (χ1n) is 15.3. The molecule has 1 aliphatic heterocycles. The number of nitrogens with zero attached hydrogens (tertiary/aromatic N) is 3. The normalized spacial score (nSPS) is 12.7. The Kier molecular flexibility index (Phi) is 8.28. The van der Waals surface area contributed by atoms with E-state index in [0.29, 0.717) is 11.5 Å². The van der Waals surface area contributed by atoms with Crippen LogP contribution in [0.4, 0.5) is 17.1 Å². The second-order valence-corrected chi connectivity index (χ2v) is 11.3. The maximum absolute atomic E-state index is 6.48. The fourth-order valence-electron chi connectivity index (χ4n) is 6.57. The predicted molar refractivity (Wildman–Crippen MR) is 183 cm³/mol. The minimum absolute atomic E-state index is 0. The fraction of sp³-hybridized carbons (Fsp3) is 0.0476. The number of aryl methyl sites for hydroxylation is 1. The van der Waals surface area contributed by atoms with Crippen molar-refractivity contribution in [2.24, 2.45) is 0 Å². The number of ether oxygens (including phenoxy) is 1. The van der Waals surface area contributed by atoms with Crippen molar-refractivity contribution < 1.29 is 25.8 Å². The molecule has 2 aromatic heterocycles. The molecule has 0 N–H and O–H groups in total. The average Bonchev–Trinajstić information content (AvgIpc) is 3.11. The molecule has 4 nitrogen and oxygen atoms in total. The predicted octanol–water partition coefficient (Wildman–Crippen LogP) is 10.0. The first-order chi connectivity index (χ1) is 22.7. The van der Waals surface area contributed by atoms with Gasteiger partial charge in [-0.15, -0.1) is 41.5 Å². The topological polar surface area (TPSA) is 38.3 Å². The van der Waals surface area contributed by atoms with E-state index >= 15 is 0 Å². The van der Waals surface area contributed by atoms with Gasteiger partial charge >= 0.3 is 21.1 Å². The molecule has 5 aromatic carbocycles. The zero-order chi connectivity index (χ0) is 30.9. The van der Waals surface area contributed by atoms with Crippen molar-refractivity contribution >= 4 is 17.1 Å². The monoisotopic (exact) mass is 786 g/mol. The van der Waals surface area contributed by atoms with Crippen LogP contribution in [0.5, 0.6) is 11.5 Å². The Morgan fingerprint density at radius 1 is 0.596 bits per heavy atom. The van der Waals surface area contributed by atoms with E-state index in [0.717, 1.165) is 56.3 Å². The number of aromatic nitrogens is 2. The van der Waals surface area contributed by atoms with E-state index < -0.39 is 5.41 Å². The van der Waals surface area contributed by atoms with Crippen molar-refractivity contribution in [3.8, 4) is 22.8 Å². The number of hydrogen-bond acceptors (Lipinski definition) is 4. The molecule has 0 fully saturated rings. The molecule has 0 saturated heterocycles. The van der Waals surface area contributed by atoms with Gasteiger partial charge in [-0.3, -0.25) is 4.98 Å². The average molecular weight is 787 g/mol. The Hall–Kier alpha value is -5.31. The van der Waals surface area contributed by atoms with Crippen LogP contribution in [-0.2, 0) is 26.5 Å². The Balaban J connectivity index is 0.00000351. The third kappa shape index (κ3) is 5.35. The zero-order valence-electron chi connectivity index (χ0n) is 25.6. The summed E-state index contributed by atoms with van der Waals surface area (Å²) in [5.74, 6) is 1.19. The second-order valence-electron chi connectivity index (χ2n) is 11.3. The van der Waals surface area contributed by atoms with Crippen molar-refractivity contribution in [1.29, 1.82) is 0 Å². The van der Waals surface area contributed by atoms with Gasteiger partial charge in [0.2, 0.25) is 0 Å². The van der Waals surface area contributed by atoms with E-state index in [2.05, 4.69) is 132 Å². The summed E-state index contributed by atoms with van der Waals surface area (Å²) in [5.41, 5.74) is 9.45. The molecule has 0 aliphatic carbocycles. The Labute approximate surface area is 289 Å². The molecule has 47 heavy (non-hydrogen) atoms. The summed E-state index contributed by atoms with van der Waals surface area (Å²) in [6, 6.07) is 57.0. The number of para-hydroxylation sites is 3. The standard InChI is InChI=1S/C42H29N3O.Pt/c1-30-24-26-43-38(27-30)31-13-11-17-34(28-31)46-35-18-12-14-32(29-35)42(41-23-9-10-25-44-41)36-19-5-7-21-39(36)45(33-15-3-2-4-16-33)40-22-8-6-20-37(40)42;/h2-27H,1H3;/q-2;+2. The summed E-state index contributed by atoms with van der Waals surface area (Å²) in [7, 11) is 0. The van der Waals surface area contributed by atoms with Crippen LogP contribution in [0.1, 0.15) is 27.9 Å². The first kappa shape index (κ1) is 30.3. The third-order valence-electron chi connectivity index (χ3n) is 8.51. The molecule has 0 spiro atoms. The maximum Gasteiger partial charge on any atom is 2.00 e. The minimum Gasteiger partial charge on any atom is -0.503 e. The van der Waals surface area contributed by atoms with Crippen LogP contribution >= 0.6 is 0 Å². The third-order valence-corrected chi connectivity index (χ3v) is 8.51. The molecule has 1 aliphatic rings. The molecular formula is C42H29N3OPt. The van der Waals surface area contributed by atoms with E-state index in [1.54, 1.807) is 0 Å². The molecule has 0 radical (unpaired) electrons. The van der Waals surface area contributed by atoms with Crippen molar-refractivity contribution in [3.63, 3.8) is 0 Å². The number of hydrogen-bond donors (Lipinski definition) is 0. The zero-order valence-corrected chi connectivity index (χ0v) is 27.8. The van der Waals surface area contributed by atoms with E-state index in [4.69, 9.17) is 9.72 Å². The van der Waals surface area contributed by atoms with Crippen LogP contribution < -0.4 is 9.64 Å². The van der Waals surface area contributed by atoms with Crippen molar-refractivity contribution in [2.45, 2.75) is 12.3 Å². The molecule has 0 saturated carbocycles.